The summed E-state index contributed by atoms with van der Waals surface area (Å²) in [5, 5.41) is 0.120. The van der Waals surface area contributed by atoms with Crippen LogP contribution in [0, 0.1) is 0 Å². The second-order valence-electron chi connectivity index (χ2n) is 3.16. The maximum atomic E-state index is 12.7. The lowest BCUT2D eigenvalue weighted by Crippen LogP contribution is -2.29. The van der Waals surface area contributed by atoms with Crippen molar-refractivity contribution < 1.29 is 17.6 Å². The minimum Gasteiger partial charge on any atom is -0.399 e. The van der Waals surface area contributed by atoms with Gasteiger partial charge in [0.15, 0.2) is 0 Å². The van der Waals surface area contributed by atoms with Crippen molar-refractivity contribution in [2.75, 3.05) is 11.5 Å². The summed E-state index contributed by atoms with van der Waals surface area (Å²) < 4.78 is 49.2. The van der Waals surface area contributed by atoms with Gasteiger partial charge in [0, 0.05) is 10.6 Å². The topological polar surface area (TPSA) is 26.0 Å². The smallest absolute Gasteiger partial charge is 0.316 e. The molecule has 0 heterocycles. The maximum absolute atomic E-state index is 12.7. The first-order valence-electron chi connectivity index (χ1n) is 4.27. The highest BCUT2D eigenvalue weighted by Crippen LogP contribution is 2.39. The van der Waals surface area contributed by atoms with Crippen molar-refractivity contribution >= 4 is 40.7 Å². The standard InChI is InChI=1S/C9H7Cl2F4NS/c10-5-1-4(16)2-6(11)7(5)17-3-9(14,15)8(12)13/h1-2,8H,3,16H2. The number of anilines is 1. The van der Waals surface area contributed by atoms with E-state index in [4.69, 9.17) is 28.9 Å². The van der Waals surface area contributed by atoms with E-state index in [2.05, 4.69) is 0 Å². The molecule has 1 rings (SSSR count). The number of hydrogen-bond acceptors (Lipinski definition) is 2. The molecule has 0 aromatic heterocycles. The average molecular weight is 308 g/mol. The zero-order valence-corrected chi connectivity index (χ0v) is 10.5. The molecule has 0 spiro atoms. The number of thioether (sulfide) groups is 1. The van der Waals surface area contributed by atoms with Crippen molar-refractivity contribution in [1.29, 1.82) is 0 Å². The third-order valence-corrected chi connectivity index (χ3v) is 3.83. The van der Waals surface area contributed by atoms with Crippen molar-refractivity contribution in [3.8, 4) is 0 Å². The molecule has 0 aliphatic heterocycles. The minimum atomic E-state index is -4.08. The number of benzene rings is 1. The van der Waals surface area contributed by atoms with E-state index in [1.165, 1.54) is 12.1 Å². The van der Waals surface area contributed by atoms with Crippen LogP contribution in [-0.4, -0.2) is 18.1 Å². The van der Waals surface area contributed by atoms with Crippen molar-refractivity contribution in [1.82, 2.24) is 0 Å². The summed E-state index contributed by atoms with van der Waals surface area (Å²) in [6.45, 7) is 0. The molecule has 0 aliphatic carbocycles. The Labute approximate surface area is 109 Å². The first kappa shape index (κ1) is 14.7. The molecular formula is C9H7Cl2F4NS. The highest BCUT2D eigenvalue weighted by molar-refractivity contribution is 7.99. The maximum Gasteiger partial charge on any atom is 0.316 e. The first-order valence-corrected chi connectivity index (χ1v) is 6.01. The normalized spacial score (nSPS) is 12.2. The molecule has 0 bridgehead atoms. The van der Waals surface area contributed by atoms with E-state index in [0.29, 0.717) is 11.8 Å². The Morgan fingerprint density at radius 1 is 1.24 bits per heavy atom. The summed E-state index contributed by atoms with van der Waals surface area (Å²) in [6.07, 6.45) is -3.72. The van der Waals surface area contributed by atoms with Crippen LogP contribution in [0.2, 0.25) is 10.0 Å². The predicted octanol–water partition coefficient (Wildman–Crippen LogP) is 4.57. The van der Waals surface area contributed by atoms with Gasteiger partial charge in [0.25, 0.3) is 0 Å². The van der Waals surface area contributed by atoms with Gasteiger partial charge in [-0.05, 0) is 12.1 Å². The van der Waals surface area contributed by atoms with Crippen LogP contribution in [0.15, 0.2) is 17.0 Å². The second kappa shape index (κ2) is 5.54. The van der Waals surface area contributed by atoms with Gasteiger partial charge in [-0.25, -0.2) is 8.78 Å². The molecule has 0 atom stereocenters. The molecule has 0 radical (unpaired) electrons. The lowest BCUT2D eigenvalue weighted by atomic mass is 10.3. The van der Waals surface area contributed by atoms with Crippen LogP contribution in [0.5, 0.6) is 0 Å². The van der Waals surface area contributed by atoms with Crippen molar-refractivity contribution in [3.63, 3.8) is 0 Å². The van der Waals surface area contributed by atoms with E-state index in [0.717, 1.165) is 0 Å². The first-order chi connectivity index (χ1) is 7.74. The van der Waals surface area contributed by atoms with Crippen molar-refractivity contribution in [2.24, 2.45) is 0 Å². The fourth-order valence-electron chi connectivity index (χ4n) is 0.949. The molecule has 0 fully saturated rings. The summed E-state index contributed by atoms with van der Waals surface area (Å²) >= 11 is 11.9. The van der Waals surface area contributed by atoms with Crippen LogP contribution in [0.3, 0.4) is 0 Å². The third-order valence-electron chi connectivity index (χ3n) is 1.75. The van der Waals surface area contributed by atoms with E-state index in [9.17, 15) is 17.6 Å². The van der Waals surface area contributed by atoms with Crippen molar-refractivity contribution in [2.45, 2.75) is 17.2 Å². The van der Waals surface area contributed by atoms with Crippen molar-refractivity contribution in [3.05, 3.63) is 22.2 Å². The summed E-state index contributed by atoms with van der Waals surface area (Å²) in [7, 11) is 0. The summed E-state index contributed by atoms with van der Waals surface area (Å²) in [4.78, 5) is 0.114. The lowest BCUT2D eigenvalue weighted by Gasteiger charge is -2.15. The Kier molecular flexibility index (Phi) is 4.80. The zero-order chi connectivity index (χ0) is 13.2. The minimum absolute atomic E-state index is 0.0602. The molecule has 0 unspecified atom stereocenters. The number of halogens is 6. The molecule has 1 nitrogen and oxygen atoms in total. The Morgan fingerprint density at radius 3 is 2.12 bits per heavy atom. The molecule has 2 N–H and O–H groups in total. The summed E-state index contributed by atoms with van der Waals surface area (Å²) in [5.74, 6) is -5.19. The zero-order valence-electron chi connectivity index (χ0n) is 8.19. The molecular weight excluding hydrogens is 301 g/mol. The molecule has 1 aromatic carbocycles. The molecule has 0 amide bonds. The summed E-state index contributed by atoms with van der Waals surface area (Å²) in [5.41, 5.74) is 5.68. The van der Waals surface area contributed by atoms with Crippen LogP contribution in [0.4, 0.5) is 23.2 Å². The molecule has 96 valence electrons. The number of nitrogen functional groups attached to an aromatic ring is 1. The Bertz CT molecular complexity index is 391. The fourth-order valence-corrected chi connectivity index (χ4v) is 2.64. The number of hydrogen-bond donors (Lipinski definition) is 1. The number of rotatable bonds is 4. The van der Waals surface area contributed by atoms with Gasteiger partial charge in [0.05, 0.1) is 15.8 Å². The molecule has 1 aromatic rings. The van der Waals surface area contributed by atoms with Gasteiger partial charge < -0.3 is 5.73 Å². The van der Waals surface area contributed by atoms with Crippen LogP contribution >= 0.6 is 35.0 Å². The van der Waals surface area contributed by atoms with Crippen LogP contribution in [0.25, 0.3) is 0 Å². The van der Waals surface area contributed by atoms with E-state index >= 15 is 0 Å². The highest BCUT2D eigenvalue weighted by Gasteiger charge is 2.40. The number of nitrogens with two attached hydrogens (primary N) is 1. The van der Waals surface area contributed by atoms with E-state index in [-0.39, 0.29) is 20.6 Å². The molecule has 0 aliphatic rings. The van der Waals surface area contributed by atoms with Gasteiger partial charge in [-0.1, -0.05) is 23.2 Å². The SMILES string of the molecule is Nc1cc(Cl)c(SCC(F)(F)C(F)F)c(Cl)c1. The fraction of sp³-hybridized carbons (Fsp3) is 0.333. The van der Waals surface area contributed by atoms with E-state index in [1.54, 1.807) is 0 Å². The van der Waals surface area contributed by atoms with Gasteiger partial charge in [-0.3, -0.25) is 0 Å². The van der Waals surface area contributed by atoms with Crippen LogP contribution in [-0.2, 0) is 0 Å². The van der Waals surface area contributed by atoms with Crippen LogP contribution in [0.1, 0.15) is 0 Å². The second-order valence-corrected chi connectivity index (χ2v) is 4.96. The Morgan fingerprint density at radius 2 is 1.71 bits per heavy atom. The van der Waals surface area contributed by atoms with Gasteiger partial charge in [0.2, 0.25) is 0 Å². The largest absolute Gasteiger partial charge is 0.399 e. The van der Waals surface area contributed by atoms with Gasteiger partial charge in [-0.15, -0.1) is 11.8 Å². The van der Waals surface area contributed by atoms with E-state index in [1.807, 2.05) is 0 Å². The van der Waals surface area contributed by atoms with Gasteiger partial charge in [-0.2, -0.15) is 8.78 Å². The molecule has 8 heteroatoms. The summed E-state index contributed by atoms with van der Waals surface area (Å²) in [6, 6.07) is 2.63. The third kappa shape index (κ3) is 3.82. The Balaban J connectivity index is 2.83. The van der Waals surface area contributed by atoms with Crippen LogP contribution < -0.4 is 5.73 Å². The van der Waals surface area contributed by atoms with Gasteiger partial charge >= 0.3 is 12.3 Å². The molecule has 0 saturated heterocycles. The quantitative estimate of drug-likeness (QED) is 0.501. The molecule has 0 saturated carbocycles. The highest BCUT2D eigenvalue weighted by atomic mass is 35.5. The predicted molar refractivity (Wildman–Crippen MR) is 62.5 cm³/mol. The van der Waals surface area contributed by atoms with E-state index < -0.39 is 18.1 Å². The average Bonchev–Trinajstić information content (AvgIpc) is 2.15. The number of alkyl halides is 4. The molecule has 17 heavy (non-hydrogen) atoms. The van der Waals surface area contributed by atoms with Gasteiger partial charge in [0.1, 0.15) is 0 Å². The Hall–Kier alpha value is -0.330. The monoisotopic (exact) mass is 307 g/mol. The lowest BCUT2D eigenvalue weighted by molar-refractivity contribution is -0.109.